The molecule has 0 fully saturated rings. The molecule has 0 heterocycles. The topological polar surface area (TPSA) is 52.5 Å². The number of phenolic OH excluding ortho intramolecular Hbond substituents is 2. The van der Waals surface area contributed by atoms with Crippen molar-refractivity contribution in [3.8, 4) is 11.5 Å². The van der Waals surface area contributed by atoms with Gasteiger partial charge in [0, 0.05) is 22.8 Å². The molecule has 0 aliphatic rings. The Morgan fingerprint density at radius 2 is 1.79 bits per heavy atom. The van der Waals surface area contributed by atoms with Crippen molar-refractivity contribution in [2.75, 3.05) is 5.32 Å². The van der Waals surface area contributed by atoms with Crippen LogP contribution in [0, 0.1) is 13.8 Å². The van der Waals surface area contributed by atoms with E-state index in [0.717, 1.165) is 16.8 Å². The molecule has 2 rings (SSSR count). The lowest BCUT2D eigenvalue weighted by Gasteiger charge is -2.13. The number of aromatic hydroxyl groups is 2. The number of anilines is 1. The lowest BCUT2D eigenvalue weighted by Crippen LogP contribution is -2.02. The Labute approximate surface area is 117 Å². The molecule has 0 aliphatic carbocycles. The number of hydrogen-bond donors (Lipinski definition) is 3. The van der Waals surface area contributed by atoms with E-state index in [1.165, 1.54) is 0 Å². The van der Waals surface area contributed by atoms with Crippen molar-refractivity contribution >= 4 is 17.3 Å². The van der Waals surface area contributed by atoms with Crippen LogP contribution in [0.3, 0.4) is 0 Å². The molecule has 0 bridgehead atoms. The predicted octanol–water partition coefficient (Wildman–Crippen LogP) is 3.98. The zero-order valence-corrected chi connectivity index (χ0v) is 11.6. The van der Waals surface area contributed by atoms with Gasteiger partial charge in [0.2, 0.25) is 0 Å². The molecule has 0 atom stereocenters. The molecule has 100 valence electrons. The number of benzene rings is 2. The average Bonchev–Trinajstić information content (AvgIpc) is 2.34. The van der Waals surface area contributed by atoms with Crippen LogP contribution in [0.5, 0.6) is 11.5 Å². The minimum Gasteiger partial charge on any atom is -0.508 e. The number of hydrogen-bond acceptors (Lipinski definition) is 3. The average molecular weight is 278 g/mol. The Hall–Kier alpha value is -1.87. The first-order valence-corrected chi connectivity index (χ1v) is 6.37. The quantitative estimate of drug-likeness (QED) is 0.744. The van der Waals surface area contributed by atoms with E-state index in [2.05, 4.69) is 5.32 Å². The minimum absolute atomic E-state index is 0.174. The van der Waals surface area contributed by atoms with Crippen molar-refractivity contribution in [2.24, 2.45) is 0 Å². The maximum Gasteiger partial charge on any atom is 0.122 e. The van der Waals surface area contributed by atoms with E-state index in [-0.39, 0.29) is 11.5 Å². The van der Waals surface area contributed by atoms with Gasteiger partial charge in [-0.3, -0.25) is 0 Å². The zero-order valence-electron chi connectivity index (χ0n) is 10.9. The first-order valence-electron chi connectivity index (χ1n) is 5.99. The fourth-order valence-corrected chi connectivity index (χ4v) is 2.13. The Morgan fingerprint density at radius 3 is 2.47 bits per heavy atom. The summed E-state index contributed by atoms with van der Waals surface area (Å²) in [5.74, 6) is 0.455. The van der Waals surface area contributed by atoms with E-state index < -0.39 is 0 Å². The van der Waals surface area contributed by atoms with Crippen molar-refractivity contribution in [1.29, 1.82) is 0 Å². The van der Waals surface area contributed by atoms with E-state index >= 15 is 0 Å². The summed E-state index contributed by atoms with van der Waals surface area (Å²) in [6.07, 6.45) is 0. The fraction of sp³-hybridized carbons (Fsp3) is 0.200. The fourth-order valence-electron chi connectivity index (χ4n) is 1.90. The van der Waals surface area contributed by atoms with Crippen LogP contribution in [0.25, 0.3) is 0 Å². The van der Waals surface area contributed by atoms with Crippen molar-refractivity contribution in [3.63, 3.8) is 0 Å². The largest absolute Gasteiger partial charge is 0.508 e. The highest BCUT2D eigenvalue weighted by Crippen LogP contribution is 2.28. The van der Waals surface area contributed by atoms with Crippen LogP contribution < -0.4 is 5.32 Å². The van der Waals surface area contributed by atoms with Gasteiger partial charge in [-0.2, -0.15) is 0 Å². The summed E-state index contributed by atoms with van der Waals surface area (Å²) in [7, 11) is 0. The molecule has 0 aromatic heterocycles. The van der Waals surface area contributed by atoms with Crippen molar-refractivity contribution in [2.45, 2.75) is 20.4 Å². The van der Waals surface area contributed by atoms with Gasteiger partial charge in [-0.1, -0.05) is 17.7 Å². The van der Waals surface area contributed by atoms with E-state index in [4.69, 9.17) is 11.6 Å². The van der Waals surface area contributed by atoms with Crippen molar-refractivity contribution in [3.05, 3.63) is 52.0 Å². The molecule has 0 spiro atoms. The van der Waals surface area contributed by atoms with E-state index in [1.807, 2.05) is 19.9 Å². The summed E-state index contributed by atoms with van der Waals surface area (Å²) in [6.45, 7) is 4.18. The Bertz CT molecular complexity index is 591. The molecule has 0 aliphatic heterocycles. The molecular formula is C15H16ClNO2. The van der Waals surface area contributed by atoms with Gasteiger partial charge in [0.25, 0.3) is 0 Å². The zero-order chi connectivity index (χ0) is 14.0. The number of rotatable bonds is 3. The SMILES string of the molecule is Cc1cc(NCc2c(O)cccc2Cl)c(C)cc1O. The highest BCUT2D eigenvalue weighted by molar-refractivity contribution is 6.31. The molecular weight excluding hydrogens is 262 g/mol. The third-order valence-corrected chi connectivity index (χ3v) is 3.45. The van der Waals surface area contributed by atoms with Crippen LogP contribution in [-0.2, 0) is 6.54 Å². The molecule has 2 aromatic rings. The smallest absolute Gasteiger partial charge is 0.122 e. The third kappa shape index (κ3) is 2.93. The molecule has 0 amide bonds. The monoisotopic (exact) mass is 277 g/mol. The summed E-state index contributed by atoms with van der Waals surface area (Å²) >= 11 is 6.05. The van der Waals surface area contributed by atoms with Crippen molar-refractivity contribution < 1.29 is 10.2 Å². The van der Waals surface area contributed by atoms with E-state index in [0.29, 0.717) is 17.1 Å². The second-order valence-corrected chi connectivity index (χ2v) is 4.95. The van der Waals surface area contributed by atoms with Gasteiger partial charge in [0.05, 0.1) is 0 Å². The second kappa shape index (κ2) is 5.41. The van der Waals surface area contributed by atoms with E-state index in [1.54, 1.807) is 24.3 Å². The van der Waals surface area contributed by atoms with Gasteiger partial charge in [-0.15, -0.1) is 0 Å². The summed E-state index contributed by atoms with van der Waals surface area (Å²) in [4.78, 5) is 0. The van der Waals surface area contributed by atoms with Crippen molar-refractivity contribution in [1.82, 2.24) is 0 Å². The normalized spacial score (nSPS) is 10.5. The molecule has 0 saturated heterocycles. The number of nitrogens with one attached hydrogen (secondary N) is 1. The second-order valence-electron chi connectivity index (χ2n) is 4.54. The van der Waals surface area contributed by atoms with Gasteiger partial charge in [0.1, 0.15) is 11.5 Å². The van der Waals surface area contributed by atoms with Crippen LogP contribution in [0.15, 0.2) is 30.3 Å². The first-order chi connectivity index (χ1) is 8.99. The molecule has 2 aromatic carbocycles. The number of phenols is 2. The van der Waals surface area contributed by atoms with Gasteiger partial charge in [-0.25, -0.2) is 0 Å². The highest BCUT2D eigenvalue weighted by atomic mass is 35.5. The van der Waals surface area contributed by atoms with Crippen LogP contribution in [-0.4, -0.2) is 10.2 Å². The van der Waals surface area contributed by atoms with Crippen LogP contribution in [0.2, 0.25) is 5.02 Å². The maximum atomic E-state index is 9.77. The molecule has 3 N–H and O–H groups in total. The molecule has 0 unspecified atom stereocenters. The minimum atomic E-state index is 0.174. The van der Waals surface area contributed by atoms with E-state index in [9.17, 15) is 10.2 Å². The highest BCUT2D eigenvalue weighted by Gasteiger charge is 2.08. The first kappa shape index (κ1) is 13.6. The lowest BCUT2D eigenvalue weighted by atomic mass is 10.1. The molecule has 19 heavy (non-hydrogen) atoms. The Balaban J connectivity index is 2.22. The maximum absolute atomic E-state index is 9.77. The van der Waals surface area contributed by atoms with Gasteiger partial charge in [-0.05, 0) is 49.2 Å². The van der Waals surface area contributed by atoms with Crippen LogP contribution in [0.4, 0.5) is 5.69 Å². The Kier molecular flexibility index (Phi) is 3.86. The van der Waals surface area contributed by atoms with Gasteiger partial charge in [0.15, 0.2) is 0 Å². The molecule has 0 saturated carbocycles. The van der Waals surface area contributed by atoms with Crippen LogP contribution >= 0.6 is 11.6 Å². The summed E-state index contributed by atoms with van der Waals surface area (Å²) in [5.41, 5.74) is 3.31. The molecule has 0 radical (unpaired) electrons. The summed E-state index contributed by atoms with van der Waals surface area (Å²) in [6, 6.07) is 8.64. The number of aryl methyl sites for hydroxylation is 2. The Morgan fingerprint density at radius 1 is 1.05 bits per heavy atom. The molecule has 3 nitrogen and oxygen atoms in total. The predicted molar refractivity (Wildman–Crippen MR) is 78.0 cm³/mol. The third-order valence-electron chi connectivity index (χ3n) is 3.09. The lowest BCUT2D eigenvalue weighted by molar-refractivity contribution is 0.468. The van der Waals surface area contributed by atoms with Gasteiger partial charge < -0.3 is 15.5 Å². The van der Waals surface area contributed by atoms with Crippen LogP contribution in [0.1, 0.15) is 16.7 Å². The summed E-state index contributed by atoms with van der Waals surface area (Å²) < 4.78 is 0. The number of halogens is 1. The summed E-state index contributed by atoms with van der Waals surface area (Å²) in [5, 5.41) is 23.1. The van der Waals surface area contributed by atoms with Gasteiger partial charge >= 0.3 is 0 Å². The standard InChI is InChI=1S/C15H16ClNO2/c1-9-7-15(19)10(2)6-13(9)17-8-11-12(16)4-3-5-14(11)18/h3-7,17-19H,8H2,1-2H3. The molecule has 4 heteroatoms.